The van der Waals surface area contributed by atoms with Crippen LogP contribution in [0.25, 0.3) is 0 Å². The second-order valence-corrected chi connectivity index (χ2v) is 5.03. The van der Waals surface area contributed by atoms with Crippen molar-refractivity contribution in [3.8, 4) is 0 Å². The summed E-state index contributed by atoms with van der Waals surface area (Å²) in [7, 11) is 0. The Bertz CT molecular complexity index is 195. The molecule has 2 nitrogen and oxygen atoms in total. The highest BCUT2D eigenvalue weighted by molar-refractivity contribution is 5.83. The smallest absolute Gasteiger partial charge is 0.161 e. The molecule has 1 fully saturated rings. The van der Waals surface area contributed by atoms with Crippen molar-refractivity contribution in [1.82, 2.24) is 0 Å². The van der Waals surface area contributed by atoms with E-state index in [2.05, 4.69) is 13.8 Å². The van der Waals surface area contributed by atoms with Crippen LogP contribution < -0.4 is 0 Å². The first-order valence-electron chi connectivity index (χ1n) is 6.36. The van der Waals surface area contributed by atoms with Crippen molar-refractivity contribution in [2.24, 2.45) is 11.8 Å². The number of aliphatic hydroxyl groups excluding tert-OH is 1. The molecule has 2 atom stereocenters. The van der Waals surface area contributed by atoms with Crippen LogP contribution in [-0.4, -0.2) is 17.0 Å². The summed E-state index contributed by atoms with van der Waals surface area (Å²) in [6.07, 6.45) is 6.58. The summed E-state index contributed by atoms with van der Waals surface area (Å²) in [4.78, 5) is 11.8. The van der Waals surface area contributed by atoms with Crippen LogP contribution in [0.5, 0.6) is 0 Å². The van der Waals surface area contributed by atoms with E-state index in [1.807, 2.05) is 0 Å². The second-order valence-electron chi connectivity index (χ2n) is 5.03. The van der Waals surface area contributed by atoms with Gasteiger partial charge in [-0.25, -0.2) is 0 Å². The number of hydrogen-bond acceptors (Lipinski definition) is 2. The SMILES string of the molecule is CCC(C)CC(=O)C(O)C1CCCCC1. The number of Topliss-reactive ketones (excluding diaryl/α,β-unsaturated/α-hetero) is 1. The van der Waals surface area contributed by atoms with Gasteiger partial charge >= 0.3 is 0 Å². The van der Waals surface area contributed by atoms with E-state index in [0.29, 0.717) is 12.3 Å². The van der Waals surface area contributed by atoms with Gasteiger partial charge in [-0.2, -0.15) is 0 Å². The van der Waals surface area contributed by atoms with Gasteiger partial charge in [0, 0.05) is 6.42 Å². The lowest BCUT2D eigenvalue weighted by molar-refractivity contribution is -0.131. The lowest BCUT2D eigenvalue weighted by Crippen LogP contribution is -2.31. The summed E-state index contributed by atoms with van der Waals surface area (Å²) < 4.78 is 0. The Balaban J connectivity index is 2.37. The largest absolute Gasteiger partial charge is 0.385 e. The lowest BCUT2D eigenvalue weighted by Gasteiger charge is -2.26. The maximum absolute atomic E-state index is 11.8. The van der Waals surface area contributed by atoms with Crippen LogP contribution >= 0.6 is 0 Å². The van der Waals surface area contributed by atoms with Gasteiger partial charge in [0.05, 0.1) is 0 Å². The summed E-state index contributed by atoms with van der Waals surface area (Å²) in [5.41, 5.74) is 0. The minimum absolute atomic E-state index is 0.0660. The zero-order valence-electron chi connectivity index (χ0n) is 10.0. The molecule has 15 heavy (non-hydrogen) atoms. The van der Waals surface area contributed by atoms with E-state index in [1.54, 1.807) is 0 Å². The molecular formula is C13H24O2. The molecular weight excluding hydrogens is 188 g/mol. The molecule has 1 saturated carbocycles. The van der Waals surface area contributed by atoms with E-state index in [1.165, 1.54) is 19.3 Å². The van der Waals surface area contributed by atoms with Crippen LogP contribution in [0.4, 0.5) is 0 Å². The van der Waals surface area contributed by atoms with Crippen molar-refractivity contribution in [2.45, 2.75) is 64.9 Å². The average Bonchev–Trinajstić information content (AvgIpc) is 2.29. The normalized spacial score (nSPS) is 22.3. The van der Waals surface area contributed by atoms with Crippen molar-refractivity contribution in [3.63, 3.8) is 0 Å². The Kier molecular flexibility index (Phi) is 5.30. The van der Waals surface area contributed by atoms with Gasteiger partial charge in [-0.15, -0.1) is 0 Å². The molecule has 0 aliphatic heterocycles. The zero-order chi connectivity index (χ0) is 11.3. The third-order valence-electron chi connectivity index (χ3n) is 3.67. The maximum Gasteiger partial charge on any atom is 0.161 e. The fourth-order valence-corrected chi connectivity index (χ4v) is 2.32. The van der Waals surface area contributed by atoms with E-state index in [4.69, 9.17) is 0 Å². The highest BCUT2D eigenvalue weighted by Crippen LogP contribution is 2.27. The maximum atomic E-state index is 11.8. The third kappa shape index (κ3) is 3.94. The number of ketones is 1. The van der Waals surface area contributed by atoms with E-state index in [9.17, 15) is 9.90 Å². The van der Waals surface area contributed by atoms with Crippen LogP contribution in [-0.2, 0) is 4.79 Å². The van der Waals surface area contributed by atoms with Crippen LogP contribution in [0.2, 0.25) is 0 Å². The predicted molar refractivity (Wildman–Crippen MR) is 61.7 cm³/mol. The van der Waals surface area contributed by atoms with Gasteiger partial charge in [0.25, 0.3) is 0 Å². The summed E-state index contributed by atoms with van der Waals surface area (Å²) >= 11 is 0. The number of carbonyl (C=O) groups is 1. The van der Waals surface area contributed by atoms with Crippen molar-refractivity contribution in [3.05, 3.63) is 0 Å². The van der Waals surface area contributed by atoms with Gasteiger partial charge in [0.2, 0.25) is 0 Å². The van der Waals surface area contributed by atoms with Crippen LogP contribution in [0.15, 0.2) is 0 Å². The molecule has 0 radical (unpaired) electrons. The van der Waals surface area contributed by atoms with Crippen LogP contribution in [0, 0.1) is 11.8 Å². The molecule has 0 heterocycles. The highest BCUT2D eigenvalue weighted by Gasteiger charge is 2.27. The minimum atomic E-state index is -0.681. The standard InChI is InChI=1S/C13H24O2/c1-3-10(2)9-12(14)13(15)11-7-5-4-6-8-11/h10-11,13,15H,3-9H2,1-2H3. The monoisotopic (exact) mass is 212 g/mol. The van der Waals surface area contributed by atoms with E-state index in [-0.39, 0.29) is 11.7 Å². The van der Waals surface area contributed by atoms with Gasteiger partial charge in [0.1, 0.15) is 6.10 Å². The van der Waals surface area contributed by atoms with Gasteiger partial charge < -0.3 is 5.11 Å². The Morgan fingerprint density at radius 3 is 2.47 bits per heavy atom. The Labute approximate surface area is 93.1 Å². The molecule has 1 N–H and O–H groups in total. The predicted octanol–water partition coefficient (Wildman–Crippen LogP) is 2.93. The molecule has 0 saturated heterocycles. The molecule has 2 heteroatoms. The first kappa shape index (κ1) is 12.7. The van der Waals surface area contributed by atoms with Gasteiger partial charge in [-0.1, -0.05) is 39.5 Å². The molecule has 1 aliphatic rings. The van der Waals surface area contributed by atoms with Gasteiger partial charge in [-0.05, 0) is 24.7 Å². The molecule has 0 spiro atoms. The first-order valence-corrected chi connectivity index (χ1v) is 6.36. The molecule has 1 aliphatic carbocycles. The number of carbonyl (C=O) groups excluding carboxylic acids is 1. The van der Waals surface area contributed by atoms with Crippen molar-refractivity contribution in [1.29, 1.82) is 0 Å². The fraction of sp³-hybridized carbons (Fsp3) is 0.923. The Morgan fingerprint density at radius 2 is 1.93 bits per heavy atom. The molecule has 0 amide bonds. The van der Waals surface area contributed by atoms with E-state index < -0.39 is 6.10 Å². The molecule has 0 aromatic carbocycles. The quantitative estimate of drug-likeness (QED) is 0.760. The molecule has 0 bridgehead atoms. The second kappa shape index (κ2) is 6.26. The number of aliphatic hydroxyl groups is 1. The summed E-state index contributed by atoms with van der Waals surface area (Å²) in [5, 5.41) is 9.94. The summed E-state index contributed by atoms with van der Waals surface area (Å²) in [6.45, 7) is 4.16. The number of rotatable bonds is 5. The van der Waals surface area contributed by atoms with E-state index >= 15 is 0 Å². The zero-order valence-corrected chi connectivity index (χ0v) is 10.0. The Hall–Kier alpha value is -0.370. The summed E-state index contributed by atoms with van der Waals surface area (Å²) in [6, 6.07) is 0. The average molecular weight is 212 g/mol. The van der Waals surface area contributed by atoms with Crippen molar-refractivity contribution >= 4 is 5.78 Å². The lowest BCUT2D eigenvalue weighted by atomic mass is 9.82. The van der Waals surface area contributed by atoms with Crippen molar-refractivity contribution < 1.29 is 9.90 Å². The number of hydrogen-bond donors (Lipinski definition) is 1. The third-order valence-corrected chi connectivity index (χ3v) is 3.67. The van der Waals surface area contributed by atoms with E-state index in [0.717, 1.165) is 19.3 Å². The topological polar surface area (TPSA) is 37.3 Å². The molecule has 88 valence electrons. The minimum Gasteiger partial charge on any atom is -0.385 e. The highest BCUT2D eigenvalue weighted by atomic mass is 16.3. The van der Waals surface area contributed by atoms with Crippen LogP contribution in [0.1, 0.15) is 58.8 Å². The summed E-state index contributed by atoms with van der Waals surface area (Å²) in [5.74, 6) is 0.724. The van der Waals surface area contributed by atoms with Crippen molar-refractivity contribution in [2.75, 3.05) is 0 Å². The molecule has 2 unspecified atom stereocenters. The molecule has 1 rings (SSSR count). The molecule has 0 aromatic rings. The van der Waals surface area contributed by atoms with Crippen LogP contribution in [0.3, 0.4) is 0 Å². The Morgan fingerprint density at radius 1 is 1.33 bits per heavy atom. The first-order chi connectivity index (χ1) is 7.15. The van der Waals surface area contributed by atoms with Gasteiger partial charge in [-0.3, -0.25) is 4.79 Å². The molecule has 0 aromatic heterocycles. The van der Waals surface area contributed by atoms with Gasteiger partial charge in [0.15, 0.2) is 5.78 Å². The fourth-order valence-electron chi connectivity index (χ4n) is 2.32.